The average molecular weight is 593 g/mol. The monoisotopic (exact) mass is 592 g/mol. The van der Waals surface area contributed by atoms with Gasteiger partial charge >= 0.3 is 0 Å². The van der Waals surface area contributed by atoms with Gasteiger partial charge in [0.1, 0.15) is 0 Å². The third kappa shape index (κ3) is 9.00. The minimum atomic E-state index is 0. The van der Waals surface area contributed by atoms with Crippen LogP contribution in [0.3, 0.4) is 0 Å². The van der Waals surface area contributed by atoms with Crippen LogP contribution in [-0.2, 0) is 11.2 Å². The Morgan fingerprint density at radius 2 is 1.44 bits per heavy atom. The lowest BCUT2D eigenvalue weighted by molar-refractivity contribution is 0.108. The molecule has 0 amide bonds. The number of para-hydroxylation sites is 2. The first-order valence-corrected chi connectivity index (χ1v) is 16.7. The summed E-state index contributed by atoms with van der Waals surface area (Å²) in [7, 11) is 0. The van der Waals surface area contributed by atoms with Crippen molar-refractivity contribution in [2.45, 2.75) is 99.3 Å². The van der Waals surface area contributed by atoms with Crippen LogP contribution in [0.1, 0.15) is 88.2 Å². The van der Waals surface area contributed by atoms with E-state index in [1.54, 1.807) is 0 Å². The maximum atomic E-state index is 6.21. The Kier molecular flexibility index (Phi) is 13.4. The number of nitrogens with zero attached hydrogens (tertiary/aromatic N) is 1. The number of fused-ring (bicyclic) bond motifs is 2. The average Bonchev–Trinajstić information content (AvgIpc) is 3.47. The molecule has 41 heavy (non-hydrogen) atoms. The molecule has 2 aliphatic rings. The van der Waals surface area contributed by atoms with E-state index in [9.17, 15) is 0 Å². The number of halogens is 1. The number of unbranched alkanes of at least 4 members (excludes halogenated alkanes) is 7. The molecule has 1 N–H and O–H groups in total. The van der Waals surface area contributed by atoms with Gasteiger partial charge in [-0.3, -0.25) is 0 Å². The number of rotatable bonds is 16. The molecular weight excluding hydrogens is 544 g/mol. The molecule has 0 aliphatic carbocycles. The highest BCUT2D eigenvalue weighted by atomic mass is 35.5. The lowest BCUT2D eigenvalue weighted by Gasteiger charge is -2.32. The molecule has 0 bridgehead atoms. The first-order chi connectivity index (χ1) is 19.8. The van der Waals surface area contributed by atoms with Gasteiger partial charge in [-0.2, -0.15) is 0 Å². The van der Waals surface area contributed by atoms with Crippen molar-refractivity contribution in [1.82, 2.24) is 5.32 Å². The highest BCUT2D eigenvalue weighted by molar-refractivity contribution is 7.99. The molecule has 0 unspecified atom stereocenters. The third-order valence-corrected chi connectivity index (χ3v) is 9.70. The highest BCUT2D eigenvalue weighted by Crippen LogP contribution is 2.47. The Hall–Kier alpha value is -1.98. The second-order valence-electron chi connectivity index (χ2n) is 11.5. The van der Waals surface area contributed by atoms with Crippen LogP contribution < -0.4 is 10.2 Å². The Morgan fingerprint density at radius 3 is 2.17 bits per heavy atom. The maximum absolute atomic E-state index is 6.21. The highest BCUT2D eigenvalue weighted by Gasteiger charge is 2.28. The molecule has 3 aromatic rings. The molecular formula is C36H49ClN2OS. The van der Waals surface area contributed by atoms with Crippen molar-refractivity contribution in [1.29, 1.82) is 0 Å². The van der Waals surface area contributed by atoms with E-state index in [0.717, 1.165) is 32.7 Å². The minimum Gasteiger partial charge on any atom is -0.380 e. The molecule has 3 nitrogen and oxygen atoms in total. The zero-order valence-corrected chi connectivity index (χ0v) is 26.5. The van der Waals surface area contributed by atoms with Crippen molar-refractivity contribution in [2.24, 2.45) is 0 Å². The largest absolute Gasteiger partial charge is 0.380 e. The Labute approximate surface area is 259 Å². The van der Waals surface area contributed by atoms with Gasteiger partial charge in [0.25, 0.3) is 0 Å². The number of ether oxygens (including phenoxy) is 1. The number of hydrogen-bond acceptors (Lipinski definition) is 4. The SMILES string of the molecule is CCCCCCCCc1ccc([C@H]2CCN[C@@H]2COCCCCCN2c3ccccc3Sc3ccccc32)cc1.Cl. The topological polar surface area (TPSA) is 24.5 Å². The summed E-state index contributed by atoms with van der Waals surface area (Å²) in [6.07, 6.45) is 14.1. The van der Waals surface area contributed by atoms with Crippen molar-refractivity contribution in [3.63, 3.8) is 0 Å². The van der Waals surface area contributed by atoms with Gasteiger partial charge in [-0.05, 0) is 80.5 Å². The van der Waals surface area contributed by atoms with Gasteiger partial charge in [-0.1, -0.05) is 99.3 Å². The first kappa shape index (κ1) is 31.9. The van der Waals surface area contributed by atoms with Crippen LogP contribution in [0, 0.1) is 0 Å². The van der Waals surface area contributed by atoms with Crippen LogP contribution >= 0.6 is 24.2 Å². The van der Waals surface area contributed by atoms with E-state index < -0.39 is 0 Å². The molecule has 2 atom stereocenters. The normalized spacial score (nSPS) is 17.6. The van der Waals surface area contributed by atoms with Gasteiger partial charge in [0.05, 0.1) is 18.0 Å². The fourth-order valence-corrected chi connectivity index (χ4v) is 7.36. The maximum Gasteiger partial charge on any atom is 0.0625 e. The Balaban J connectivity index is 0.00000387. The first-order valence-electron chi connectivity index (χ1n) is 15.9. The van der Waals surface area contributed by atoms with Crippen molar-refractivity contribution in [2.75, 3.05) is 31.2 Å². The van der Waals surface area contributed by atoms with E-state index in [-0.39, 0.29) is 12.4 Å². The third-order valence-electron chi connectivity index (χ3n) is 8.57. The summed E-state index contributed by atoms with van der Waals surface area (Å²) in [6.45, 7) is 6.10. The zero-order chi connectivity index (χ0) is 27.4. The number of hydrogen-bond donors (Lipinski definition) is 1. The van der Waals surface area contributed by atoms with E-state index in [2.05, 4.69) is 89.9 Å². The van der Waals surface area contributed by atoms with Crippen LogP contribution in [0.2, 0.25) is 0 Å². The van der Waals surface area contributed by atoms with Crippen LogP contribution in [0.4, 0.5) is 11.4 Å². The molecule has 0 radical (unpaired) electrons. The fraction of sp³-hybridized carbons (Fsp3) is 0.500. The number of anilines is 2. The Bertz CT molecular complexity index is 1120. The quantitative estimate of drug-likeness (QED) is 0.167. The van der Waals surface area contributed by atoms with Crippen molar-refractivity contribution in [3.8, 4) is 0 Å². The zero-order valence-electron chi connectivity index (χ0n) is 24.9. The van der Waals surface area contributed by atoms with E-state index in [0.29, 0.717) is 12.0 Å². The molecule has 5 rings (SSSR count). The van der Waals surface area contributed by atoms with Gasteiger partial charge < -0.3 is 15.0 Å². The van der Waals surface area contributed by atoms with Crippen molar-refractivity contribution < 1.29 is 4.74 Å². The standard InChI is InChI=1S/C36H48N2OS.ClH/c1-2-3-4-5-6-8-15-29-20-22-30(23-21-29)31-24-25-37-32(31)28-39-27-14-7-13-26-38-33-16-9-11-18-35(33)40-36-19-12-10-17-34(36)38;/h9-12,16-23,31-32,37H,2-8,13-15,24-28H2,1H3;1H/t31-,32-;/m1./s1. The summed E-state index contributed by atoms with van der Waals surface area (Å²) in [4.78, 5) is 5.22. The molecule has 1 saturated heterocycles. The van der Waals surface area contributed by atoms with Gasteiger partial charge in [0.2, 0.25) is 0 Å². The number of benzene rings is 3. The summed E-state index contributed by atoms with van der Waals surface area (Å²) in [5.41, 5.74) is 5.66. The number of nitrogens with one attached hydrogen (secondary N) is 1. The predicted octanol–water partition coefficient (Wildman–Crippen LogP) is 9.95. The van der Waals surface area contributed by atoms with Gasteiger partial charge in [-0.15, -0.1) is 12.4 Å². The molecule has 5 heteroatoms. The van der Waals surface area contributed by atoms with E-state index in [1.165, 1.54) is 96.5 Å². The van der Waals surface area contributed by atoms with Crippen LogP contribution in [0.5, 0.6) is 0 Å². The summed E-state index contributed by atoms with van der Waals surface area (Å²) in [5, 5.41) is 3.71. The molecule has 0 spiro atoms. The van der Waals surface area contributed by atoms with Crippen LogP contribution in [-0.4, -0.2) is 32.3 Å². The van der Waals surface area contributed by atoms with Crippen LogP contribution in [0.15, 0.2) is 82.6 Å². The second-order valence-corrected chi connectivity index (χ2v) is 12.6. The predicted molar refractivity (Wildman–Crippen MR) is 179 cm³/mol. The van der Waals surface area contributed by atoms with Crippen molar-refractivity contribution in [3.05, 3.63) is 83.9 Å². The summed E-state index contributed by atoms with van der Waals surface area (Å²) >= 11 is 1.89. The van der Waals surface area contributed by atoms with Crippen LogP contribution in [0.25, 0.3) is 0 Å². The summed E-state index contributed by atoms with van der Waals surface area (Å²) in [6, 6.07) is 27.5. The molecule has 2 heterocycles. The number of aryl methyl sites for hydroxylation is 1. The van der Waals surface area contributed by atoms with Gasteiger partial charge in [0, 0.05) is 34.9 Å². The second kappa shape index (κ2) is 17.2. The lowest BCUT2D eigenvalue weighted by Crippen LogP contribution is -2.31. The van der Waals surface area contributed by atoms with Gasteiger partial charge in [0.15, 0.2) is 0 Å². The lowest BCUT2D eigenvalue weighted by atomic mass is 9.91. The molecule has 0 aromatic heterocycles. The Morgan fingerprint density at radius 1 is 0.780 bits per heavy atom. The van der Waals surface area contributed by atoms with E-state index >= 15 is 0 Å². The molecule has 0 saturated carbocycles. The fourth-order valence-electron chi connectivity index (χ4n) is 6.27. The molecule has 2 aliphatic heterocycles. The van der Waals surface area contributed by atoms with E-state index in [1.807, 2.05) is 11.8 Å². The molecule has 222 valence electrons. The summed E-state index contributed by atoms with van der Waals surface area (Å²) in [5.74, 6) is 0.570. The van der Waals surface area contributed by atoms with Gasteiger partial charge in [-0.25, -0.2) is 0 Å². The van der Waals surface area contributed by atoms with E-state index in [4.69, 9.17) is 4.74 Å². The molecule has 1 fully saturated rings. The minimum absolute atomic E-state index is 0. The summed E-state index contributed by atoms with van der Waals surface area (Å²) < 4.78 is 6.21. The van der Waals surface area contributed by atoms with Crippen molar-refractivity contribution >= 4 is 35.5 Å². The smallest absolute Gasteiger partial charge is 0.0625 e. The molecule has 3 aromatic carbocycles.